The molecule has 0 heteroatoms. The van der Waals surface area contributed by atoms with Gasteiger partial charge in [0.05, 0.1) is 0 Å². The molecule has 0 aliphatic heterocycles. The van der Waals surface area contributed by atoms with Crippen molar-refractivity contribution in [1.82, 2.24) is 0 Å². The lowest BCUT2D eigenvalue weighted by Crippen LogP contribution is -2.17. The first kappa shape index (κ1) is 15.2. The van der Waals surface area contributed by atoms with Crippen LogP contribution in [0.1, 0.15) is 53.9 Å². The molecular formula is C16H28. The summed E-state index contributed by atoms with van der Waals surface area (Å²) in [5, 5.41) is 0. The third kappa shape index (κ3) is 4.00. The fourth-order valence-electron chi connectivity index (χ4n) is 2.41. The molecule has 0 amide bonds. The van der Waals surface area contributed by atoms with Crippen LogP contribution in [0.25, 0.3) is 0 Å². The maximum absolute atomic E-state index is 3.81. The Morgan fingerprint density at radius 3 is 2.38 bits per heavy atom. The summed E-state index contributed by atoms with van der Waals surface area (Å²) >= 11 is 0. The van der Waals surface area contributed by atoms with Gasteiger partial charge in [0.1, 0.15) is 0 Å². The lowest BCUT2D eigenvalue weighted by Gasteiger charge is -2.30. The Labute approximate surface area is 102 Å². The molecule has 92 valence electrons. The summed E-state index contributed by atoms with van der Waals surface area (Å²) in [6.07, 6.45) is 10.3. The molecule has 1 fully saturated rings. The molecule has 1 saturated carbocycles. The molecule has 1 rings (SSSR count). The first-order valence-electron chi connectivity index (χ1n) is 6.68. The van der Waals surface area contributed by atoms with Crippen LogP contribution >= 0.6 is 0 Å². The summed E-state index contributed by atoms with van der Waals surface area (Å²) in [7, 11) is 0. The minimum Gasteiger partial charge on any atom is -0.0991 e. The molecule has 0 heterocycles. The summed E-state index contributed by atoms with van der Waals surface area (Å²) in [4.78, 5) is 0. The van der Waals surface area contributed by atoms with Gasteiger partial charge < -0.3 is 0 Å². The van der Waals surface area contributed by atoms with Crippen LogP contribution in [0.2, 0.25) is 0 Å². The summed E-state index contributed by atoms with van der Waals surface area (Å²) < 4.78 is 0. The highest BCUT2D eigenvalue weighted by Crippen LogP contribution is 2.37. The maximum Gasteiger partial charge on any atom is -0.0136 e. The van der Waals surface area contributed by atoms with Gasteiger partial charge in [-0.1, -0.05) is 52.5 Å². The molecule has 0 bridgehead atoms. The van der Waals surface area contributed by atoms with Gasteiger partial charge in [-0.3, -0.25) is 0 Å². The second kappa shape index (κ2) is 8.38. The van der Waals surface area contributed by atoms with E-state index < -0.39 is 0 Å². The molecular weight excluding hydrogens is 192 g/mol. The quantitative estimate of drug-likeness (QED) is 0.574. The van der Waals surface area contributed by atoms with E-state index in [2.05, 4.69) is 39.5 Å². The van der Waals surface area contributed by atoms with Gasteiger partial charge in [-0.15, -0.1) is 0 Å². The molecule has 1 atom stereocenters. The van der Waals surface area contributed by atoms with Crippen LogP contribution in [-0.4, -0.2) is 0 Å². The molecule has 0 saturated heterocycles. The fraction of sp³-hybridized carbons (Fsp3) is 0.625. The van der Waals surface area contributed by atoms with Gasteiger partial charge in [-0.05, 0) is 49.2 Å². The van der Waals surface area contributed by atoms with Crippen LogP contribution in [0.15, 0.2) is 36.0 Å². The topological polar surface area (TPSA) is 0 Å². The Morgan fingerprint density at radius 2 is 1.94 bits per heavy atom. The van der Waals surface area contributed by atoms with E-state index in [0.717, 1.165) is 11.8 Å². The van der Waals surface area contributed by atoms with Crippen molar-refractivity contribution in [2.45, 2.75) is 53.9 Å². The van der Waals surface area contributed by atoms with Crippen molar-refractivity contribution in [2.75, 3.05) is 0 Å². The number of rotatable bonds is 2. The molecule has 0 nitrogen and oxygen atoms in total. The molecule has 0 N–H and O–H groups in total. The molecule has 0 aromatic rings. The molecule has 16 heavy (non-hydrogen) atoms. The first-order chi connectivity index (χ1) is 7.70. The smallest absolute Gasteiger partial charge is 0.0136 e. The van der Waals surface area contributed by atoms with Crippen molar-refractivity contribution in [2.24, 2.45) is 11.8 Å². The van der Waals surface area contributed by atoms with Gasteiger partial charge in [-0.25, -0.2) is 0 Å². The van der Waals surface area contributed by atoms with Crippen LogP contribution in [0.3, 0.4) is 0 Å². The van der Waals surface area contributed by atoms with Crippen molar-refractivity contribution in [1.29, 1.82) is 0 Å². The Morgan fingerprint density at radius 1 is 1.31 bits per heavy atom. The Kier molecular flexibility index (Phi) is 7.97. The summed E-state index contributed by atoms with van der Waals surface area (Å²) in [5.74, 6) is 1.49. The minimum absolute atomic E-state index is 0.743. The predicted octanol–water partition coefficient (Wildman–Crippen LogP) is 5.53. The van der Waals surface area contributed by atoms with Gasteiger partial charge in [0.15, 0.2) is 0 Å². The zero-order valence-electron chi connectivity index (χ0n) is 11.7. The fourth-order valence-corrected chi connectivity index (χ4v) is 2.41. The molecule has 1 unspecified atom stereocenters. The number of hydrogen-bond donors (Lipinski definition) is 0. The summed E-state index contributed by atoms with van der Waals surface area (Å²) in [6.45, 7) is 14.6. The molecule has 0 radical (unpaired) electrons. The Hall–Kier alpha value is -0.780. The number of hydrogen-bond acceptors (Lipinski definition) is 0. The van der Waals surface area contributed by atoms with Crippen molar-refractivity contribution < 1.29 is 0 Å². The largest absolute Gasteiger partial charge is 0.0991 e. The second-order valence-corrected chi connectivity index (χ2v) is 4.41. The van der Waals surface area contributed by atoms with Crippen molar-refractivity contribution in [3.63, 3.8) is 0 Å². The highest BCUT2D eigenvalue weighted by Gasteiger charge is 2.24. The molecule has 1 aliphatic carbocycles. The highest BCUT2D eigenvalue weighted by atomic mass is 14.3. The van der Waals surface area contributed by atoms with Crippen LogP contribution in [0, 0.1) is 11.8 Å². The average molecular weight is 220 g/mol. The third-order valence-corrected chi connectivity index (χ3v) is 3.18. The van der Waals surface area contributed by atoms with Crippen LogP contribution in [-0.2, 0) is 0 Å². The Bertz CT molecular complexity index is 253. The zero-order valence-corrected chi connectivity index (χ0v) is 11.7. The van der Waals surface area contributed by atoms with Crippen molar-refractivity contribution >= 4 is 0 Å². The normalized spacial score (nSPS) is 25.5. The third-order valence-electron chi connectivity index (χ3n) is 3.18. The summed E-state index contributed by atoms with van der Waals surface area (Å²) in [5.41, 5.74) is 3.07. The monoisotopic (exact) mass is 220 g/mol. The second-order valence-electron chi connectivity index (χ2n) is 4.41. The highest BCUT2D eigenvalue weighted by molar-refractivity contribution is 5.37. The van der Waals surface area contributed by atoms with E-state index in [0.29, 0.717) is 0 Å². The standard InChI is InChI=1S/C14H22.C2H6/c1-5-8-14-12(6-2)9-7-10-13(14)11(3)4;1-2/h5-6,8,11,13H,1,7,9-10H2,2-4H3;1-2H3/b12-6-,14-8+;. The van der Waals surface area contributed by atoms with E-state index in [1.807, 2.05) is 19.9 Å². The van der Waals surface area contributed by atoms with E-state index in [4.69, 9.17) is 0 Å². The van der Waals surface area contributed by atoms with E-state index >= 15 is 0 Å². The predicted molar refractivity (Wildman–Crippen MR) is 75.6 cm³/mol. The van der Waals surface area contributed by atoms with E-state index in [-0.39, 0.29) is 0 Å². The Balaban J connectivity index is 0.00000106. The van der Waals surface area contributed by atoms with Crippen molar-refractivity contribution in [3.8, 4) is 0 Å². The van der Waals surface area contributed by atoms with Gasteiger partial charge >= 0.3 is 0 Å². The van der Waals surface area contributed by atoms with Crippen LogP contribution in [0.5, 0.6) is 0 Å². The van der Waals surface area contributed by atoms with Crippen molar-refractivity contribution in [3.05, 3.63) is 36.0 Å². The SMILES string of the molecule is C=C/C=C1\C(=C/C)CCCC1C(C)C.CC. The minimum atomic E-state index is 0.743. The maximum atomic E-state index is 3.81. The number of allylic oxidation sites excluding steroid dienone is 5. The van der Waals surface area contributed by atoms with Crippen LogP contribution in [0.4, 0.5) is 0 Å². The van der Waals surface area contributed by atoms with Crippen LogP contribution < -0.4 is 0 Å². The summed E-state index contributed by atoms with van der Waals surface area (Å²) in [6, 6.07) is 0. The van der Waals surface area contributed by atoms with E-state index in [9.17, 15) is 0 Å². The molecule has 0 aromatic carbocycles. The van der Waals surface area contributed by atoms with Gasteiger partial charge in [0.2, 0.25) is 0 Å². The lowest BCUT2D eigenvalue weighted by molar-refractivity contribution is 0.385. The first-order valence-corrected chi connectivity index (χ1v) is 6.68. The van der Waals surface area contributed by atoms with Gasteiger partial charge in [0, 0.05) is 0 Å². The molecule has 0 aromatic heterocycles. The van der Waals surface area contributed by atoms with E-state index in [1.54, 1.807) is 0 Å². The average Bonchev–Trinajstić information content (AvgIpc) is 2.32. The lowest BCUT2D eigenvalue weighted by atomic mass is 9.75. The molecule has 1 aliphatic rings. The van der Waals surface area contributed by atoms with Gasteiger partial charge in [0.25, 0.3) is 0 Å². The molecule has 0 spiro atoms. The van der Waals surface area contributed by atoms with E-state index in [1.165, 1.54) is 30.4 Å². The van der Waals surface area contributed by atoms with Gasteiger partial charge in [-0.2, -0.15) is 0 Å². The zero-order chi connectivity index (χ0) is 12.6.